The summed E-state index contributed by atoms with van der Waals surface area (Å²) in [5.41, 5.74) is 1.33. The van der Waals surface area contributed by atoms with Gasteiger partial charge in [-0.25, -0.2) is 0 Å². The Kier molecular flexibility index (Phi) is 6.19. The fourth-order valence-electron chi connectivity index (χ4n) is 4.05. The number of para-hydroxylation sites is 1. The summed E-state index contributed by atoms with van der Waals surface area (Å²) < 4.78 is 0. The summed E-state index contributed by atoms with van der Waals surface area (Å²) in [5, 5.41) is 12.9. The van der Waals surface area contributed by atoms with Crippen LogP contribution >= 0.6 is 7.92 Å². The molecule has 1 aliphatic carbocycles. The highest BCUT2D eigenvalue weighted by atomic mass is 31.1. The second-order valence-electron chi connectivity index (χ2n) is 7.30. The minimum atomic E-state index is -0.473. The number of hydrogen-bond acceptors (Lipinski definition) is 2. The van der Waals surface area contributed by atoms with Crippen molar-refractivity contribution in [2.75, 3.05) is 0 Å². The van der Waals surface area contributed by atoms with Gasteiger partial charge in [0.2, 0.25) is 0 Å². The first-order valence-electron chi connectivity index (χ1n) is 10.0. The predicted molar refractivity (Wildman–Crippen MR) is 121 cm³/mol. The molecule has 1 aliphatic rings. The topological polar surface area (TPSA) is 32.6 Å². The smallest absolute Gasteiger partial charge is 0.124 e. The van der Waals surface area contributed by atoms with Crippen molar-refractivity contribution in [1.82, 2.24) is 0 Å². The summed E-state index contributed by atoms with van der Waals surface area (Å²) in [4.78, 5) is 5.00. The van der Waals surface area contributed by atoms with Crippen LogP contribution in [0.3, 0.4) is 0 Å². The zero-order chi connectivity index (χ0) is 19.2. The summed E-state index contributed by atoms with van der Waals surface area (Å²) in [5.74, 6) is 0.298. The largest absolute Gasteiger partial charge is 0.507 e. The number of benzene rings is 3. The third-order valence-corrected chi connectivity index (χ3v) is 8.41. The molecule has 1 saturated carbocycles. The van der Waals surface area contributed by atoms with E-state index in [1.165, 1.54) is 29.9 Å². The monoisotopic (exact) mass is 387 g/mol. The summed E-state index contributed by atoms with van der Waals surface area (Å²) in [6.07, 6.45) is 6.70. The molecule has 28 heavy (non-hydrogen) atoms. The minimum absolute atomic E-state index is 0.292. The van der Waals surface area contributed by atoms with Gasteiger partial charge in [-0.2, -0.15) is 0 Å². The van der Waals surface area contributed by atoms with E-state index < -0.39 is 7.92 Å². The Balaban J connectivity index is 1.68. The number of phenolic OH excluding ortho intramolecular Hbond substituents is 1. The maximum atomic E-state index is 10.1. The first-order valence-corrected chi connectivity index (χ1v) is 11.4. The van der Waals surface area contributed by atoms with Crippen molar-refractivity contribution < 1.29 is 5.11 Å². The molecule has 0 aromatic heterocycles. The summed E-state index contributed by atoms with van der Waals surface area (Å²) >= 11 is 0. The average molecular weight is 387 g/mol. The van der Waals surface area contributed by atoms with Crippen LogP contribution in [0.1, 0.15) is 31.2 Å². The molecular formula is C25H26NOP. The van der Waals surface area contributed by atoms with Crippen molar-refractivity contribution in [1.29, 1.82) is 0 Å². The van der Waals surface area contributed by atoms with E-state index in [0.717, 1.165) is 12.0 Å². The maximum absolute atomic E-state index is 10.1. The Bertz CT molecular complexity index is 871. The van der Waals surface area contributed by atoms with Gasteiger partial charge in [0.15, 0.2) is 0 Å². The molecule has 0 radical (unpaired) electrons. The highest BCUT2D eigenvalue weighted by molar-refractivity contribution is 7.73. The van der Waals surface area contributed by atoms with Gasteiger partial charge in [-0.1, -0.05) is 85.6 Å². The van der Waals surface area contributed by atoms with Crippen LogP contribution in [0.2, 0.25) is 0 Å². The lowest BCUT2D eigenvalue weighted by Gasteiger charge is -2.36. The third kappa shape index (κ3) is 4.34. The molecule has 1 N–H and O–H groups in total. The van der Waals surface area contributed by atoms with Crippen molar-refractivity contribution in [3.05, 3.63) is 90.5 Å². The van der Waals surface area contributed by atoms with Gasteiger partial charge in [0.25, 0.3) is 0 Å². The van der Waals surface area contributed by atoms with Crippen LogP contribution in [-0.4, -0.2) is 23.0 Å². The van der Waals surface area contributed by atoms with Crippen LogP contribution < -0.4 is 10.6 Å². The number of hydrogen-bond donors (Lipinski definition) is 1. The van der Waals surface area contributed by atoms with Crippen LogP contribution in [0, 0.1) is 0 Å². The van der Waals surface area contributed by atoms with Gasteiger partial charge in [0.05, 0.1) is 6.04 Å². The summed E-state index contributed by atoms with van der Waals surface area (Å²) in [6.45, 7) is 0. The first-order chi connectivity index (χ1) is 13.8. The fraction of sp³-hybridized carbons (Fsp3) is 0.240. The molecule has 1 fully saturated rings. The van der Waals surface area contributed by atoms with Crippen LogP contribution in [0.15, 0.2) is 89.9 Å². The standard InChI is InChI=1S/C25H26NOP/c27-24-17-9-7-11-20(24)19-26-23-16-8-10-18-25(23)28(21-12-3-1-4-13-21)22-14-5-2-6-15-22/h1-7,9,11-15,17,19,23,25,27H,8,10,16,18H2/t23-,25-/m1/s1. The van der Waals surface area contributed by atoms with Gasteiger partial charge in [0.1, 0.15) is 5.75 Å². The van der Waals surface area contributed by atoms with E-state index in [1.54, 1.807) is 6.07 Å². The lowest BCUT2D eigenvalue weighted by atomic mass is 9.95. The van der Waals surface area contributed by atoms with Crippen molar-refractivity contribution in [3.63, 3.8) is 0 Å². The van der Waals surface area contributed by atoms with E-state index in [2.05, 4.69) is 60.7 Å². The molecule has 0 spiro atoms. The average Bonchev–Trinajstić information content (AvgIpc) is 2.76. The normalized spacial score (nSPS) is 19.9. The molecule has 142 valence electrons. The van der Waals surface area contributed by atoms with E-state index in [-0.39, 0.29) is 0 Å². The van der Waals surface area contributed by atoms with Crippen LogP contribution in [0.25, 0.3) is 0 Å². The van der Waals surface area contributed by atoms with E-state index in [9.17, 15) is 5.11 Å². The summed E-state index contributed by atoms with van der Waals surface area (Å²) in [6, 6.07) is 29.6. The molecule has 3 aromatic carbocycles. The molecule has 3 heteroatoms. The molecule has 0 unspecified atom stereocenters. The molecule has 0 amide bonds. The lowest BCUT2D eigenvalue weighted by molar-refractivity contribution is 0.452. The van der Waals surface area contributed by atoms with Gasteiger partial charge in [-0.15, -0.1) is 0 Å². The zero-order valence-electron chi connectivity index (χ0n) is 16.0. The Morgan fingerprint density at radius 3 is 1.96 bits per heavy atom. The zero-order valence-corrected chi connectivity index (χ0v) is 16.9. The van der Waals surface area contributed by atoms with E-state index in [4.69, 9.17) is 4.99 Å². The molecule has 0 saturated heterocycles. The Labute approximate surface area is 168 Å². The van der Waals surface area contributed by atoms with Gasteiger partial charge < -0.3 is 5.11 Å². The predicted octanol–water partition coefficient (Wildman–Crippen LogP) is 5.26. The van der Waals surface area contributed by atoms with Crippen LogP contribution in [0.4, 0.5) is 0 Å². The van der Waals surface area contributed by atoms with Crippen molar-refractivity contribution in [2.24, 2.45) is 4.99 Å². The van der Waals surface area contributed by atoms with Gasteiger partial charge in [0, 0.05) is 17.4 Å². The number of aliphatic imine (C=N–C) groups is 1. The van der Waals surface area contributed by atoms with Gasteiger partial charge in [-0.3, -0.25) is 4.99 Å². The van der Waals surface area contributed by atoms with E-state index in [0.29, 0.717) is 17.5 Å². The quantitative estimate of drug-likeness (QED) is 0.470. The molecular weight excluding hydrogens is 361 g/mol. The summed E-state index contributed by atoms with van der Waals surface area (Å²) in [7, 11) is -0.473. The van der Waals surface area contributed by atoms with Gasteiger partial charge >= 0.3 is 0 Å². The number of aromatic hydroxyl groups is 1. The van der Waals surface area contributed by atoms with Crippen molar-refractivity contribution in [3.8, 4) is 5.75 Å². The van der Waals surface area contributed by atoms with Crippen molar-refractivity contribution >= 4 is 24.7 Å². The van der Waals surface area contributed by atoms with Crippen LogP contribution in [0.5, 0.6) is 5.75 Å². The molecule has 4 rings (SSSR count). The number of rotatable bonds is 5. The SMILES string of the molecule is Oc1ccccc1C=N[C@@H]1CCCC[C@H]1P(c1ccccc1)c1ccccc1. The molecule has 2 atom stereocenters. The van der Waals surface area contributed by atoms with Crippen molar-refractivity contribution in [2.45, 2.75) is 37.4 Å². The van der Waals surface area contributed by atoms with Crippen LogP contribution in [-0.2, 0) is 0 Å². The van der Waals surface area contributed by atoms with E-state index in [1.807, 2.05) is 24.4 Å². The maximum Gasteiger partial charge on any atom is 0.124 e. The molecule has 0 aliphatic heterocycles. The second-order valence-corrected chi connectivity index (χ2v) is 9.73. The highest BCUT2D eigenvalue weighted by Crippen LogP contribution is 2.47. The lowest BCUT2D eigenvalue weighted by Crippen LogP contribution is -2.33. The Hall–Kier alpha value is -2.44. The third-order valence-electron chi connectivity index (χ3n) is 5.44. The molecule has 0 bridgehead atoms. The van der Waals surface area contributed by atoms with Gasteiger partial charge in [-0.05, 0) is 43.5 Å². The Morgan fingerprint density at radius 1 is 0.750 bits per heavy atom. The second kappa shape index (κ2) is 9.17. The molecule has 2 nitrogen and oxygen atoms in total. The molecule has 0 heterocycles. The molecule has 3 aromatic rings. The minimum Gasteiger partial charge on any atom is -0.507 e. The van der Waals surface area contributed by atoms with E-state index >= 15 is 0 Å². The highest BCUT2D eigenvalue weighted by Gasteiger charge is 2.33. The first kappa shape index (κ1) is 18.9. The number of phenols is 1. The number of nitrogens with zero attached hydrogens (tertiary/aromatic N) is 1. The fourth-order valence-corrected chi connectivity index (χ4v) is 7.11. The Morgan fingerprint density at radius 2 is 1.32 bits per heavy atom.